The predicted octanol–water partition coefficient (Wildman–Crippen LogP) is 2.08. The Morgan fingerprint density at radius 1 is 1.29 bits per heavy atom. The van der Waals surface area contributed by atoms with Crippen LogP contribution in [0.2, 0.25) is 0 Å². The van der Waals surface area contributed by atoms with Crippen LogP contribution >= 0.6 is 15.9 Å². The standard InChI is InChI=1S/C10H16BrN3O2S/c1-10(2,3)14-17(15,16)13-9-5-4-7(11)6-8(9)12/h4-6,13-14H,12H2,1-3H3. The van der Waals surface area contributed by atoms with E-state index in [0.29, 0.717) is 11.4 Å². The number of nitrogen functional groups attached to an aromatic ring is 1. The summed E-state index contributed by atoms with van der Waals surface area (Å²) in [5, 5.41) is 0. The highest BCUT2D eigenvalue weighted by Gasteiger charge is 2.20. The molecule has 0 unspecified atom stereocenters. The Labute approximate surface area is 110 Å². The molecule has 0 radical (unpaired) electrons. The molecule has 0 saturated carbocycles. The molecule has 4 N–H and O–H groups in total. The third kappa shape index (κ3) is 4.93. The summed E-state index contributed by atoms with van der Waals surface area (Å²) < 4.78 is 29.2. The second-order valence-electron chi connectivity index (χ2n) is 4.69. The average molecular weight is 322 g/mol. The third-order valence-electron chi connectivity index (χ3n) is 1.70. The van der Waals surface area contributed by atoms with E-state index in [2.05, 4.69) is 25.4 Å². The topological polar surface area (TPSA) is 84.2 Å². The fraction of sp³-hybridized carbons (Fsp3) is 0.400. The van der Waals surface area contributed by atoms with Crippen LogP contribution in [0.5, 0.6) is 0 Å². The first-order valence-electron chi connectivity index (χ1n) is 4.96. The van der Waals surface area contributed by atoms with E-state index in [1.165, 1.54) is 0 Å². The molecule has 96 valence electrons. The first kappa shape index (κ1) is 14.3. The Hall–Kier alpha value is -0.790. The summed E-state index contributed by atoms with van der Waals surface area (Å²) in [5.41, 5.74) is 5.87. The zero-order valence-electron chi connectivity index (χ0n) is 9.91. The predicted molar refractivity (Wildman–Crippen MR) is 74.0 cm³/mol. The maximum Gasteiger partial charge on any atom is 0.299 e. The molecule has 1 rings (SSSR count). The lowest BCUT2D eigenvalue weighted by Crippen LogP contribution is -2.43. The van der Waals surface area contributed by atoms with Gasteiger partial charge in [0.25, 0.3) is 10.2 Å². The van der Waals surface area contributed by atoms with Crippen LogP contribution in [0.4, 0.5) is 11.4 Å². The zero-order valence-corrected chi connectivity index (χ0v) is 12.3. The molecule has 0 atom stereocenters. The molecule has 0 aromatic heterocycles. The van der Waals surface area contributed by atoms with Gasteiger partial charge < -0.3 is 5.73 Å². The number of hydrogen-bond donors (Lipinski definition) is 3. The molecule has 1 aromatic rings. The van der Waals surface area contributed by atoms with Crippen molar-refractivity contribution in [3.05, 3.63) is 22.7 Å². The number of hydrogen-bond acceptors (Lipinski definition) is 3. The van der Waals surface area contributed by atoms with Crippen molar-refractivity contribution in [1.29, 1.82) is 0 Å². The lowest BCUT2D eigenvalue weighted by Gasteiger charge is -2.21. The van der Waals surface area contributed by atoms with Crippen molar-refractivity contribution in [3.8, 4) is 0 Å². The molecular formula is C10H16BrN3O2S. The molecule has 1 aromatic carbocycles. The van der Waals surface area contributed by atoms with E-state index < -0.39 is 15.7 Å². The molecule has 17 heavy (non-hydrogen) atoms. The minimum absolute atomic E-state index is 0.352. The minimum Gasteiger partial charge on any atom is -0.397 e. The molecule has 7 heteroatoms. The lowest BCUT2D eigenvalue weighted by atomic mass is 10.1. The highest BCUT2D eigenvalue weighted by atomic mass is 79.9. The van der Waals surface area contributed by atoms with Crippen molar-refractivity contribution in [2.45, 2.75) is 26.3 Å². The van der Waals surface area contributed by atoms with Gasteiger partial charge in [-0.3, -0.25) is 4.72 Å². The van der Waals surface area contributed by atoms with E-state index in [1.54, 1.807) is 39.0 Å². The summed E-state index contributed by atoms with van der Waals surface area (Å²) in [4.78, 5) is 0. The number of nitrogens with two attached hydrogens (primary N) is 1. The zero-order chi connectivity index (χ0) is 13.3. The first-order chi connectivity index (χ1) is 7.59. The highest BCUT2D eigenvalue weighted by molar-refractivity contribution is 9.10. The molecule has 0 aliphatic carbocycles. The van der Waals surface area contributed by atoms with Crippen molar-refractivity contribution in [3.63, 3.8) is 0 Å². The Morgan fingerprint density at radius 3 is 2.35 bits per heavy atom. The monoisotopic (exact) mass is 321 g/mol. The summed E-state index contributed by atoms with van der Waals surface area (Å²) >= 11 is 3.25. The number of nitrogens with one attached hydrogen (secondary N) is 2. The summed E-state index contributed by atoms with van der Waals surface area (Å²) in [6, 6.07) is 4.95. The van der Waals surface area contributed by atoms with Crippen molar-refractivity contribution < 1.29 is 8.42 Å². The average Bonchev–Trinajstić information content (AvgIpc) is 2.05. The van der Waals surface area contributed by atoms with E-state index in [-0.39, 0.29) is 0 Å². The summed E-state index contributed by atoms with van der Waals surface area (Å²) in [6.07, 6.45) is 0. The van der Waals surface area contributed by atoms with E-state index in [9.17, 15) is 8.42 Å². The second kappa shape index (κ2) is 4.83. The van der Waals surface area contributed by atoms with Crippen LogP contribution in [0.15, 0.2) is 22.7 Å². The van der Waals surface area contributed by atoms with Crippen molar-refractivity contribution in [2.75, 3.05) is 10.5 Å². The van der Waals surface area contributed by atoms with Gasteiger partial charge in [0.15, 0.2) is 0 Å². The van der Waals surface area contributed by atoms with Crippen molar-refractivity contribution >= 4 is 37.5 Å². The van der Waals surface area contributed by atoms with E-state index in [4.69, 9.17) is 5.73 Å². The molecule has 0 aliphatic heterocycles. The number of anilines is 2. The summed E-state index contributed by atoms with van der Waals surface area (Å²) in [7, 11) is -3.62. The van der Waals surface area contributed by atoms with Gasteiger partial charge in [0.1, 0.15) is 0 Å². The van der Waals surface area contributed by atoms with Crippen molar-refractivity contribution in [2.24, 2.45) is 0 Å². The molecular weight excluding hydrogens is 306 g/mol. The number of halogens is 1. The van der Waals surface area contributed by atoms with Crippen LogP contribution < -0.4 is 15.2 Å². The number of rotatable bonds is 3. The van der Waals surface area contributed by atoms with Gasteiger partial charge in [-0.2, -0.15) is 13.1 Å². The maximum atomic E-state index is 11.8. The highest BCUT2D eigenvalue weighted by Crippen LogP contribution is 2.23. The minimum atomic E-state index is -3.62. The molecule has 0 bridgehead atoms. The van der Waals surface area contributed by atoms with Crippen LogP contribution in [0.1, 0.15) is 20.8 Å². The van der Waals surface area contributed by atoms with E-state index in [1.807, 2.05) is 0 Å². The lowest BCUT2D eigenvalue weighted by molar-refractivity contribution is 0.494. The Balaban J connectivity index is 2.91. The third-order valence-corrected chi connectivity index (χ3v) is 3.56. The largest absolute Gasteiger partial charge is 0.397 e. The van der Waals surface area contributed by atoms with E-state index >= 15 is 0 Å². The SMILES string of the molecule is CC(C)(C)NS(=O)(=O)Nc1ccc(Br)cc1N. The molecule has 5 nitrogen and oxygen atoms in total. The smallest absolute Gasteiger partial charge is 0.299 e. The van der Waals surface area contributed by atoms with Gasteiger partial charge in [-0.1, -0.05) is 15.9 Å². The Kier molecular flexibility index (Phi) is 4.06. The van der Waals surface area contributed by atoms with Crippen molar-refractivity contribution in [1.82, 2.24) is 4.72 Å². The molecule has 0 saturated heterocycles. The Morgan fingerprint density at radius 2 is 1.88 bits per heavy atom. The van der Waals surface area contributed by atoms with Gasteiger partial charge in [-0.05, 0) is 39.0 Å². The van der Waals surface area contributed by atoms with Crippen LogP contribution in [0, 0.1) is 0 Å². The molecule has 0 spiro atoms. The summed E-state index contributed by atoms with van der Waals surface area (Å²) in [6.45, 7) is 5.28. The fourth-order valence-electron chi connectivity index (χ4n) is 1.20. The van der Waals surface area contributed by atoms with Gasteiger partial charge in [0, 0.05) is 10.0 Å². The number of benzene rings is 1. The van der Waals surface area contributed by atoms with E-state index in [0.717, 1.165) is 4.47 Å². The quantitative estimate of drug-likeness (QED) is 0.745. The van der Waals surface area contributed by atoms with Crippen LogP contribution in [0.25, 0.3) is 0 Å². The van der Waals surface area contributed by atoms with Crippen LogP contribution in [-0.2, 0) is 10.2 Å². The van der Waals surface area contributed by atoms with Gasteiger partial charge in [0.05, 0.1) is 11.4 Å². The first-order valence-corrected chi connectivity index (χ1v) is 7.23. The molecule has 0 heterocycles. The van der Waals surface area contributed by atoms with Gasteiger partial charge >= 0.3 is 0 Å². The molecule has 0 fully saturated rings. The van der Waals surface area contributed by atoms with Crippen LogP contribution in [0.3, 0.4) is 0 Å². The molecule has 0 amide bonds. The Bertz CT molecular complexity index is 509. The van der Waals surface area contributed by atoms with Crippen LogP contribution in [-0.4, -0.2) is 14.0 Å². The normalized spacial score (nSPS) is 12.5. The second-order valence-corrected chi connectivity index (χ2v) is 7.02. The fourth-order valence-corrected chi connectivity index (χ4v) is 2.91. The van der Waals surface area contributed by atoms with Gasteiger partial charge in [0.2, 0.25) is 0 Å². The maximum absolute atomic E-state index is 11.8. The van der Waals surface area contributed by atoms with Gasteiger partial charge in [-0.15, -0.1) is 0 Å². The summed E-state index contributed by atoms with van der Waals surface area (Å²) in [5.74, 6) is 0. The molecule has 0 aliphatic rings. The van der Waals surface area contributed by atoms with Gasteiger partial charge in [-0.25, -0.2) is 0 Å².